The van der Waals surface area contributed by atoms with E-state index in [-0.39, 0.29) is 18.0 Å². The SMILES string of the molecule is N#CCOc1ccccc1-c1ccc(-n2cc(NC(N)=O)c(C(N)=O)n2)cc1Cl. The van der Waals surface area contributed by atoms with E-state index >= 15 is 0 Å². The molecule has 10 heteroatoms. The second-order valence-electron chi connectivity index (χ2n) is 5.80. The number of nitriles is 1. The Morgan fingerprint density at radius 1 is 1.21 bits per heavy atom. The summed E-state index contributed by atoms with van der Waals surface area (Å²) >= 11 is 6.47. The molecule has 0 atom stereocenters. The number of nitrogens with zero attached hydrogens (tertiary/aromatic N) is 3. The van der Waals surface area contributed by atoms with Gasteiger partial charge in [-0.05, 0) is 18.2 Å². The van der Waals surface area contributed by atoms with Crippen molar-refractivity contribution in [2.75, 3.05) is 11.9 Å². The molecule has 0 aliphatic heterocycles. The third-order valence-corrected chi connectivity index (χ3v) is 4.20. The quantitative estimate of drug-likeness (QED) is 0.571. The van der Waals surface area contributed by atoms with E-state index in [9.17, 15) is 9.59 Å². The van der Waals surface area contributed by atoms with Crippen molar-refractivity contribution < 1.29 is 14.3 Å². The molecule has 1 heterocycles. The molecule has 5 N–H and O–H groups in total. The molecule has 0 aliphatic carbocycles. The van der Waals surface area contributed by atoms with E-state index in [4.69, 9.17) is 33.1 Å². The van der Waals surface area contributed by atoms with Gasteiger partial charge in [-0.1, -0.05) is 35.9 Å². The van der Waals surface area contributed by atoms with Gasteiger partial charge in [-0.2, -0.15) is 10.4 Å². The number of hydrogen-bond acceptors (Lipinski definition) is 5. The maximum atomic E-state index is 11.6. The Morgan fingerprint density at radius 3 is 2.62 bits per heavy atom. The molecule has 0 fully saturated rings. The molecule has 0 radical (unpaired) electrons. The number of carbonyl (C=O) groups excluding carboxylic acids is 2. The molecule has 9 nitrogen and oxygen atoms in total. The standard InChI is InChI=1S/C19H15ClN6O3/c20-14-9-11(26-10-15(24-19(23)28)17(25-26)18(22)27)5-6-12(14)13-3-1-2-4-16(13)29-8-7-21/h1-6,9-10H,8H2,(H2,22,27)(H3,23,24,28). The maximum Gasteiger partial charge on any atom is 0.316 e. The fourth-order valence-electron chi connectivity index (χ4n) is 2.70. The summed E-state index contributed by atoms with van der Waals surface area (Å²) in [7, 11) is 0. The number of ether oxygens (including phenoxy) is 1. The normalized spacial score (nSPS) is 10.2. The van der Waals surface area contributed by atoms with Crippen LogP contribution < -0.4 is 21.5 Å². The molecule has 0 saturated carbocycles. The van der Waals surface area contributed by atoms with Gasteiger partial charge in [0.1, 0.15) is 11.8 Å². The summed E-state index contributed by atoms with van der Waals surface area (Å²) < 4.78 is 6.80. The van der Waals surface area contributed by atoms with E-state index < -0.39 is 11.9 Å². The molecule has 0 saturated heterocycles. The Morgan fingerprint density at radius 2 is 1.97 bits per heavy atom. The van der Waals surface area contributed by atoms with Crippen molar-refractivity contribution in [1.82, 2.24) is 9.78 Å². The zero-order valence-corrected chi connectivity index (χ0v) is 15.7. The lowest BCUT2D eigenvalue weighted by atomic mass is 10.0. The van der Waals surface area contributed by atoms with Gasteiger partial charge in [0, 0.05) is 11.1 Å². The number of hydrogen-bond donors (Lipinski definition) is 3. The van der Waals surface area contributed by atoms with Gasteiger partial charge in [-0.3, -0.25) is 4.79 Å². The molecule has 0 spiro atoms. The highest BCUT2D eigenvalue weighted by Crippen LogP contribution is 2.36. The van der Waals surface area contributed by atoms with Crippen molar-refractivity contribution in [2.24, 2.45) is 11.5 Å². The second-order valence-corrected chi connectivity index (χ2v) is 6.20. The predicted octanol–water partition coefficient (Wildman–Crippen LogP) is 2.68. The number of anilines is 1. The number of para-hydroxylation sites is 1. The molecular weight excluding hydrogens is 396 g/mol. The van der Waals surface area contributed by atoms with Crippen LogP contribution in [0.4, 0.5) is 10.5 Å². The number of primary amides is 2. The van der Waals surface area contributed by atoms with Crippen LogP contribution in [0.25, 0.3) is 16.8 Å². The summed E-state index contributed by atoms with van der Waals surface area (Å²) in [5.74, 6) is -0.300. The Balaban J connectivity index is 2.00. The number of benzene rings is 2. The van der Waals surface area contributed by atoms with E-state index in [0.29, 0.717) is 27.6 Å². The van der Waals surface area contributed by atoms with Crippen molar-refractivity contribution >= 4 is 29.2 Å². The summed E-state index contributed by atoms with van der Waals surface area (Å²) in [6.45, 7) is -0.0917. The van der Waals surface area contributed by atoms with E-state index in [0.717, 1.165) is 0 Å². The first-order valence-corrected chi connectivity index (χ1v) is 8.63. The largest absolute Gasteiger partial charge is 0.478 e. The van der Waals surface area contributed by atoms with Crippen molar-refractivity contribution in [3.63, 3.8) is 0 Å². The van der Waals surface area contributed by atoms with E-state index in [1.165, 1.54) is 10.9 Å². The highest BCUT2D eigenvalue weighted by atomic mass is 35.5. The number of urea groups is 1. The van der Waals surface area contributed by atoms with Crippen molar-refractivity contribution in [3.8, 4) is 28.6 Å². The van der Waals surface area contributed by atoms with Crippen LogP contribution in [0.2, 0.25) is 5.02 Å². The molecule has 1 aromatic heterocycles. The summed E-state index contributed by atoms with van der Waals surface area (Å²) in [6.07, 6.45) is 1.40. The average Bonchev–Trinajstić information content (AvgIpc) is 3.10. The third kappa shape index (κ3) is 4.28. The minimum absolute atomic E-state index is 0.0837. The topological polar surface area (TPSA) is 149 Å². The number of amides is 3. The summed E-state index contributed by atoms with van der Waals surface area (Å²) in [5, 5.41) is 15.5. The van der Waals surface area contributed by atoms with Crippen LogP contribution in [-0.4, -0.2) is 28.3 Å². The number of aromatic nitrogens is 2. The summed E-state index contributed by atoms with van der Waals surface area (Å²) in [4.78, 5) is 22.7. The Bertz CT molecular complexity index is 1140. The van der Waals surface area contributed by atoms with E-state index in [1.54, 1.807) is 30.3 Å². The fourth-order valence-corrected chi connectivity index (χ4v) is 2.98. The smallest absolute Gasteiger partial charge is 0.316 e. The van der Waals surface area contributed by atoms with Crippen LogP contribution in [0.5, 0.6) is 5.75 Å². The third-order valence-electron chi connectivity index (χ3n) is 3.89. The fraction of sp³-hybridized carbons (Fsp3) is 0.0526. The van der Waals surface area contributed by atoms with Gasteiger partial charge in [0.15, 0.2) is 12.3 Å². The van der Waals surface area contributed by atoms with Crippen LogP contribution >= 0.6 is 11.6 Å². The number of nitrogens with two attached hydrogens (primary N) is 2. The van der Waals surface area contributed by atoms with Crippen LogP contribution in [0.3, 0.4) is 0 Å². The van der Waals surface area contributed by atoms with E-state index in [1.807, 2.05) is 18.2 Å². The van der Waals surface area contributed by atoms with Crippen molar-refractivity contribution in [2.45, 2.75) is 0 Å². The molecule has 146 valence electrons. The zero-order valence-electron chi connectivity index (χ0n) is 14.9. The van der Waals surface area contributed by atoms with Gasteiger partial charge in [0.2, 0.25) is 0 Å². The van der Waals surface area contributed by atoms with Crippen molar-refractivity contribution in [1.29, 1.82) is 5.26 Å². The summed E-state index contributed by atoms with van der Waals surface area (Å²) in [5.41, 5.74) is 12.3. The minimum atomic E-state index is -0.852. The lowest BCUT2D eigenvalue weighted by Crippen LogP contribution is -2.22. The first-order valence-electron chi connectivity index (χ1n) is 8.25. The Hall–Kier alpha value is -4.03. The Labute approximate surface area is 170 Å². The molecule has 0 aliphatic rings. The molecular formula is C19H15ClN6O3. The molecule has 29 heavy (non-hydrogen) atoms. The molecule has 3 rings (SSSR count). The van der Waals surface area contributed by atoms with Crippen LogP contribution in [-0.2, 0) is 0 Å². The maximum absolute atomic E-state index is 11.6. The number of rotatable bonds is 6. The lowest BCUT2D eigenvalue weighted by Gasteiger charge is -2.12. The van der Waals surface area contributed by atoms with Gasteiger partial charge in [-0.15, -0.1) is 0 Å². The molecule has 0 bridgehead atoms. The zero-order chi connectivity index (χ0) is 21.0. The van der Waals surface area contributed by atoms with Gasteiger partial charge < -0.3 is 21.5 Å². The highest BCUT2D eigenvalue weighted by Gasteiger charge is 2.17. The van der Waals surface area contributed by atoms with Gasteiger partial charge in [0.05, 0.1) is 22.6 Å². The molecule has 0 unspecified atom stereocenters. The van der Waals surface area contributed by atoms with Crippen LogP contribution in [0.1, 0.15) is 10.5 Å². The van der Waals surface area contributed by atoms with Gasteiger partial charge in [0.25, 0.3) is 5.91 Å². The van der Waals surface area contributed by atoms with Gasteiger partial charge in [-0.25, -0.2) is 9.48 Å². The number of nitrogens with one attached hydrogen (secondary N) is 1. The number of halogens is 1. The van der Waals surface area contributed by atoms with Gasteiger partial charge >= 0.3 is 6.03 Å². The summed E-state index contributed by atoms with van der Waals surface area (Å²) in [6, 6.07) is 13.4. The monoisotopic (exact) mass is 410 g/mol. The second kappa shape index (κ2) is 8.33. The lowest BCUT2D eigenvalue weighted by molar-refractivity contribution is 0.0996. The molecule has 3 aromatic rings. The van der Waals surface area contributed by atoms with Crippen LogP contribution in [0.15, 0.2) is 48.7 Å². The average molecular weight is 411 g/mol. The first-order chi connectivity index (χ1) is 13.9. The number of carbonyl (C=O) groups is 2. The molecule has 2 aromatic carbocycles. The van der Waals surface area contributed by atoms with Crippen LogP contribution in [0, 0.1) is 11.3 Å². The Kier molecular flexibility index (Phi) is 5.66. The predicted molar refractivity (Wildman–Crippen MR) is 107 cm³/mol. The van der Waals surface area contributed by atoms with Crippen molar-refractivity contribution in [3.05, 3.63) is 59.4 Å². The van der Waals surface area contributed by atoms with E-state index in [2.05, 4.69) is 10.4 Å². The highest BCUT2D eigenvalue weighted by molar-refractivity contribution is 6.33. The molecule has 3 amide bonds. The minimum Gasteiger partial charge on any atom is -0.478 e. The first kappa shape index (κ1) is 19.7.